The number of methoxy groups -OCH3 is 1. The van der Waals surface area contributed by atoms with Crippen molar-refractivity contribution < 1.29 is 24.2 Å². The van der Waals surface area contributed by atoms with Gasteiger partial charge < -0.3 is 30.5 Å². The molecular formula is C17H31N3O5. The van der Waals surface area contributed by atoms with Crippen LogP contribution in [0.15, 0.2) is 0 Å². The number of nitrogens with one attached hydrogen (secondary N) is 3. The topological polar surface area (TPSA) is 109 Å². The Morgan fingerprint density at radius 2 is 1.92 bits per heavy atom. The van der Waals surface area contributed by atoms with E-state index in [-0.39, 0.29) is 43.2 Å². The van der Waals surface area contributed by atoms with Crippen molar-refractivity contribution in [1.82, 2.24) is 16.0 Å². The number of amides is 3. The maximum absolute atomic E-state index is 12.1. The Morgan fingerprint density at radius 1 is 1.16 bits per heavy atom. The molecule has 3 atom stereocenters. The SMILES string of the molecule is COCCNC(=O)C[C@@H]1CC[C@@H](NC(=O)NC2CCCC2)[C@@H](CO)O1. The largest absolute Gasteiger partial charge is 0.394 e. The van der Waals surface area contributed by atoms with Crippen molar-refractivity contribution >= 4 is 11.9 Å². The van der Waals surface area contributed by atoms with Gasteiger partial charge in [0.25, 0.3) is 0 Å². The molecule has 0 unspecified atom stereocenters. The fourth-order valence-corrected chi connectivity index (χ4v) is 3.48. The first-order valence-corrected chi connectivity index (χ1v) is 9.21. The van der Waals surface area contributed by atoms with Crippen molar-refractivity contribution in [3.05, 3.63) is 0 Å². The Kier molecular flexibility index (Phi) is 8.43. The molecule has 2 fully saturated rings. The van der Waals surface area contributed by atoms with Gasteiger partial charge in [0.1, 0.15) is 6.10 Å². The Bertz CT molecular complexity index is 429. The Balaban J connectivity index is 1.72. The highest BCUT2D eigenvalue weighted by Crippen LogP contribution is 2.22. The fraction of sp³-hybridized carbons (Fsp3) is 0.882. The monoisotopic (exact) mass is 357 g/mol. The van der Waals surface area contributed by atoms with Crippen LogP contribution in [0.5, 0.6) is 0 Å². The third kappa shape index (κ3) is 6.80. The minimum Gasteiger partial charge on any atom is -0.394 e. The molecule has 0 radical (unpaired) electrons. The van der Waals surface area contributed by atoms with E-state index in [1.807, 2.05) is 0 Å². The standard InChI is InChI=1S/C17H31N3O5/c1-24-9-8-18-16(22)10-13-6-7-14(15(11-21)25-13)20-17(23)19-12-4-2-3-5-12/h12-15,21H,2-11H2,1H3,(H,18,22)(H2,19,20,23)/t13-,14+,15+/m0/s1. The summed E-state index contributed by atoms with van der Waals surface area (Å²) < 4.78 is 10.7. The lowest BCUT2D eigenvalue weighted by atomic mass is 9.97. The van der Waals surface area contributed by atoms with Crippen molar-refractivity contribution in [3.63, 3.8) is 0 Å². The van der Waals surface area contributed by atoms with Crippen LogP contribution < -0.4 is 16.0 Å². The number of hydrogen-bond donors (Lipinski definition) is 4. The predicted octanol–water partition coefficient (Wildman–Crippen LogP) is 0.289. The number of aliphatic hydroxyl groups is 1. The van der Waals surface area contributed by atoms with Crippen LogP contribution >= 0.6 is 0 Å². The summed E-state index contributed by atoms with van der Waals surface area (Å²) in [5.41, 5.74) is 0. The Morgan fingerprint density at radius 3 is 2.60 bits per heavy atom. The number of aliphatic hydroxyl groups excluding tert-OH is 1. The highest BCUT2D eigenvalue weighted by atomic mass is 16.5. The Labute approximate surface area is 149 Å². The van der Waals surface area contributed by atoms with Crippen LogP contribution in [0.1, 0.15) is 44.9 Å². The van der Waals surface area contributed by atoms with Gasteiger partial charge in [-0.3, -0.25) is 4.79 Å². The van der Waals surface area contributed by atoms with E-state index in [9.17, 15) is 14.7 Å². The molecule has 1 heterocycles. The van der Waals surface area contributed by atoms with Gasteiger partial charge in [-0.15, -0.1) is 0 Å². The molecule has 1 saturated carbocycles. The minimum atomic E-state index is -0.486. The maximum atomic E-state index is 12.1. The summed E-state index contributed by atoms with van der Waals surface area (Å²) in [4.78, 5) is 23.9. The molecule has 8 heteroatoms. The number of carbonyl (C=O) groups is 2. The number of urea groups is 1. The van der Waals surface area contributed by atoms with Gasteiger partial charge in [-0.05, 0) is 25.7 Å². The van der Waals surface area contributed by atoms with Crippen molar-refractivity contribution in [1.29, 1.82) is 0 Å². The molecule has 25 heavy (non-hydrogen) atoms. The second kappa shape index (κ2) is 10.6. The molecule has 144 valence electrons. The van der Waals surface area contributed by atoms with E-state index in [2.05, 4.69) is 16.0 Å². The second-order valence-electron chi connectivity index (χ2n) is 6.81. The summed E-state index contributed by atoms with van der Waals surface area (Å²) in [5, 5.41) is 18.2. The summed E-state index contributed by atoms with van der Waals surface area (Å²) in [6, 6.07) is -0.186. The molecule has 0 aromatic carbocycles. The molecule has 1 aliphatic heterocycles. The summed E-state index contributed by atoms with van der Waals surface area (Å²) in [5.74, 6) is -0.0934. The molecule has 2 rings (SSSR count). The molecule has 1 aliphatic carbocycles. The van der Waals surface area contributed by atoms with E-state index in [0.717, 1.165) is 25.7 Å². The predicted molar refractivity (Wildman–Crippen MR) is 92.2 cm³/mol. The van der Waals surface area contributed by atoms with Crippen LogP contribution in [-0.2, 0) is 14.3 Å². The van der Waals surface area contributed by atoms with Gasteiger partial charge in [-0.1, -0.05) is 12.8 Å². The minimum absolute atomic E-state index is 0.0934. The number of ether oxygens (including phenoxy) is 2. The second-order valence-corrected chi connectivity index (χ2v) is 6.81. The molecule has 0 spiro atoms. The zero-order valence-electron chi connectivity index (χ0n) is 15.0. The van der Waals surface area contributed by atoms with Gasteiger partial charge >= 0.3 is 6.03 Å². The molecule has 2 aliphatic rings. The first kappa shape index (κ1) is 19.9. The van der Waals surface area contributed by atoms with Gasteiger partial charge in [-0.2, -0.15) is 0 Å². The van der Waals surface area contributed by atoms with Gasteiger partial charge in [0, 0.05) is 19.7 Å². The van der Waals surface area contributed by atoms with E-state index >= 15 is 0 Å². The summed E-state index contributed by atoms with van der Waals surface area (Å²) in [7, 11) is 1.58. The fourth-order valence-electron chi connectivity index (χ4n) is 3.48. The van der Waals surface area contributed by atoms with Gasteiger partial charge in [0.05, 0.1) is 31.8 Å². The zero-order valence-corrected chi connectivity index (χ0v) is 15.0. The third-order valence-electron chi connectivity index (χ3n) is 4.84. The van der Waals surface area contributed by atoms with Gasteiger partial charge in [0.2, 0.25) is 5.91 Å². The van der Waals surface area contributed by atoms with Crippen LogP contribution in [0.3, 0.4) is 0 Å². The first-order valence-electron chi connectivity index (χ1n) is 9.21. The highest BCUT2D eigenvalue weighted by Gasteiger charge is 2.33. The lowest BCUT2D eigenvalue weighted by Gasteiger charge is -2.36. The van der Waals surface area contributed by atoms with Crippen LogP contribution in [0.25, 0.3) is 0 Å². The third-order valence-corrected chi connectivity index (χ3v) is 4.84. The van der Waals surface area contributed by atoms with E-state index < -0.39 is 6.10 Å². The van der Waals surface area contributed by atoms with E-state index in [1.54, 1.807) is 7.11 Å². The lowest BCUT2D eigenvalue weighted by molar-refractivity contribution is -0.130. The number of carbonyl (C=O) groups excluding carboxylic acids is 2. The van der Waals surface area contributed by atoms with Crippen molar-refractivity contribution in [2.45, 2.75) is 69.2 Å². The summed E-state index contributed by atoms with van der Waals surface area (Å²) in [6.07, 6.45) is 5.24. The van der Waals surface area contributed by atoms with Crippen LogP contribution in [0.4, 0.5) is 4.79 Å². The molecule has 4 N–H and O–H groups in total. The smallest absolute Gasteiger partial charge is 0.315 e. The van der Waals surface area contributed by atoms with E-state index in [4.69, 9.17) is 9.47 Å². The van der Waals surface area contributed by atoms with Crippen LogP contribution in [0, 0.1) is 0 Å². The Hall–Kier alpha value is -1.38. The van der Waals surface area contributed by atoms with Gasteiger partial charge in [0.15, 0.2) is 0 Å². The quantitative estimate of drug-likeness (QED) is 0.467. The van der Waals surface area contributed by atoms with Crippen molar-refractivity contribution in [3.8, 4) is 0 Å². The molecule has 1 saturated heterocycles. The van der Waals surface area contributed by atoms with E-state index in [1.165, 1.54) is 0 Å². The molecule has 8 nitrogen and oxygen atoms in total. The average Bonchev–Trinajstić information content (AvgIpc) is 3.09. The molecular weight excluding hydrogens is 326 g/mol. The van der Waals surface area contributed by atoms with Crippen molar-refractivity contribution in [2.24, 2.45) is 0 Å². The first-order chi connectivity index (χ1) is 12.1. The maximum Gasteiger partial charge on any atom is 0.315 e. The van der Waals surface area contributed by atoms with E-state index in [0.29, 0.717) is 26.0 Å². The summed E-state index contributed by atoms with van der Waals surface area (Å²) in [6.45, 7) is 0.756. The molecule has 0 aromatic rings. The molecule has 0 aromatic heterocycles. The average molecular weight is 357 g/mol. The molecule has 3 amide bonds. The van der Waals surface area contributed by atoms with Crippen molar-refractivity contribution in [2.75, 3.05) is 26.9 Å². The molecule has 0 bridgehead atoms. The van der Waals surface area contributed by atoms with Crippen LogP contribution in [-0.4, -0.2) is 68.2 Å². The summed E-state index contributed by atoms with van der Waals surface area (Å²) >= 11 is 0. The van der Waals surface area contributed by atoms with Crippen LogP contribution in [0.2, 0.25) is 0 Å². The lowest BCUT2D eigenvalue weighted by Crippen LogP contribution is -2.54. The normalized spacial score (nSPS) is 27.0. The highest BCUT2D eigenvalue weighted by molar-refractivity contribution is 5.76. The van der Waals surface area contributed by atoms with Gasteiger partial charge in [-0.25, -0.2) is 4.79 Å². The number of rotatable bonds is 8. The zero-order chi connectivity index (χ0) is 18.1. The number of hydrogen-bond acceptors (Lipinski definition) is 5.